The number of rotatable bonds is 5. The zero-order chi connectivity index (χ0) is 15.1. The van der Waals surface area contributed by atoms with Gasteiger partial charge in [-0.3, -0.25) is 9.78 Å². The van der Waals surface area contributed by atoms with Gasteiger partial charge in [-0.05, 0) is 23.3 Å². The summed E-state index contributed by atoms with van der Waals surface area (Å²) < 4.78 is 0. The van der Waals surface area contributed by atoms with E-state index in [9.17, 15) is 4.79 Å². The third-order valence-electron chi connectivity index (χ3n) is 3.02. The number of amidine groups is 1. The Morgan fingerprint density at radius 1 is 1.24 bits per heavy atom. The summed E-state index contributed by atoms with van der Waals surface area (Å²) in [5.41, 5.74) is 7.24. The molecule has 0 saturated carbocycles. The van der Waals surface area contributed by atoms with Gasteiger partial charge >= 0.3 is 0 Å². The van der Waals surface area contributed by atoms with Crippen molar-refractivity contribution in [1.29, 1.82) is 0 Å². The van der Waals surface area contributed by atoms with E-state index in [1.165, 1.54) is 0 Å². The van der Waals surface area contributed by atoms with Crippen LogP contribution in [0.2, 0.25) is 0 Å². The van der Waals surface area contributed by atoms with E-state index in [1.807, 2.05) is 6.07 Å². The Kier molecular flexibility index (Phi) is 4.87. The van der Waals surface area contributed by atoms with Gasteiger partial charge in [0.2, 0.25) is 5.91 Å². The normalized spacial score (nSPS) is 12.7. The largest absolute Gasteiger partial charge is 0.409 e. The van der Waals surface area contributed by atoms with Gasteiger partial charge in [-0.15, -0.1) is 0 Å². The molecule has 0 aliphatic rings. The highest BCUT2D eigenvalue weighted by Crippen LogP contribution is 2.16. The minimum atomic E-state index is -0.821. The third kappa shape index (κ3) is 3.79. The first-order valence-electron chi connectivity index (χ1n) is 6.41. The summed E-state index contributed by atoms with van der Waals surface area (Å²) in [6, 6.07) is 12.6. The van der Waals surface area contributed by atoms with E-state index in [-0.39, 0.29) is 11.7 Å². The molecule has 1 atom stereocenters. The van der Waals surface area contributed by atoms with Gasteiger partial charge in [0.15, 0.2) is 5.84 Å². The van der Waals surface area contributed by atoms with Crippen molar-refractivity contribution in [2.24, 2.45) is 10.9 Å². The molecule has 2 aromatic rings. The molecule has 1 aromatic heterocycles. The van der Waals surface area contributed by atoms with Crippen LogP contribution in [0.25, 0.3) is 0 Å². The average molecular weight is 284 g/mol. The number of carbonyl (C=O) groups is 1. The van der Waals surface area contributed by atoms with E-state index in [2.05, 4.69) is 15.5 Å². The number of nitrogens with zero attached hydrogens (tertiary/aromatic N) is 2. The molecule has 0 aliphatic heterocycles. The molecule has 0 spiro atoms. The van der Waals surface area contributed by atoms with E-state index >= 15 is 0 Å². The number of oxime groups is 1. The summed E-state index contributed by atoms with van der Waals surface area (Å²) in [5, 5.41) is 14.6. The summed E-state index contributed by atoms with van der Waals surface area (Å²) in [6.45, 7) is 0.351. The number of carbonyl (C=O) groups excluding carboxylic acids is 1. The maximum Gasteiger partial charge on any atom is 0.235 e. The van der Waals surface area contributed by atoms with Crippen molar-refractivity contribution >= 4 is 11.7 Å². The highest BCUT2D eigenvalue weighted by molar-refractivity contribution is 6.07. The number of nitrogens with one attached hydrogen (secondary N) is 1. The van der Waals surface area contributed by atoms with Gasteiger partial charge in [0.25, 0.3) is 0 Å². The van der Waals surface area contributed by atoms with Gasteiger partial charge < -0.3 is 16.3 Å². The van der Waals surface area contributed by atoms with E-state index < -0.39 is 5.92 Å². The van der Waals surface area contributed by atoms with Crippen LogP contribution in [0.1, 0.15) is 17.0 Å². The van der Waals surface area contributed by atoms with Crippen molar-refractivity contribution in [3.8, 4) is 0 Å². The van der Waals surface area contributed by atoms with Gasteiger partial charge in [0, 0.05) is 18.9 Å². The number of nitrogens with two attached hydrogens (primary N) is 1. The molecule has 1 unspecified atom stereocenters. The fraction of sp³-hybridized carbons (Fsp3) is 0.133. The zero-order valence-electron chi connectivity index (χ0n) is 11.3. The van der Waals surface area contributed by atoms with Crippen LogP contribution in [0.3, 0.4) is 0 Å². The molecule has 6 heteroatoms. The van der Waals surface area contributed by atoms with E-state index in [0.717, 1.165) is 5.56 Å². The van der Waals surface area contributed by atoms with Gasteiger partial charge in [0.1, 0.15) is 5.92 Å². The standard InChI is InChI=1S/C15H16N4O2/c16-14(19-21)13(12-4-2-1-3-5-12)15(20)18-10-11-6-8-17-9-7-11/h1-9,13,21H,10H2,(H2,16,19)(H,18,20). The molecule has 108 valence electrons. The molecule has 0 aliphatic carbocycles. The second kappa shape index (κ2) is 7.04. The highest BCUT2D eigenvalue weighted by Gasteiger charge is 2.24. The molecule has 4 N–H and O–H groups in total. The van der Waals surface area contributed by atoms with E-state index in [1.54, 1.807) is 48.8 Å². The van der Waals surface area contributed by atoms with Gasteiger partial charge in [0.05, 0.1) is 0 Å². The number of pyridine rings is 1. The molecular formula is C15H16N4O2. The highest BCUT2D eigenvalue weighted by atomic mass is 16.4. The van der Waals surface area contributed by atoms with Crippen LogP contribution < -0.4 is 11.1 Å². The summed E-state index contributed by atoms with van der Waals surface area (Å²) >= 11 is 0. The Hall–Kier alpha value is -2.89. The van der Waals surface area contributed by atoms with Crippen molar-refractivity contribution in [3.63, 3.8) is 0 Å². The fourth-order valence-electron chi connectivity index (χ4n) is 1.95. The van der Waals surface area contributed by atoms with Crippen LogP contribution in [0.4, 0.5) is 0 Å². The molecule has 2 rings (SSSR count). The topological polar surface area (TPSA) is 101 Å². The monoisotopic (exact) mass is 284 g/mol. The van der Waals surface area contributed by atoms with Crippen molar-refractivity contribution in [2.45, 2.75) is 12.5 Å². The summed E-state index contributed by atoms with van der Waals surface area (Å²) in [7, 11) is 0. The fourth-order valence-corrected chi connectivity index (χ4v) is 1.95. The van der Waals surface area contributed by atoms with Crippen LogP contribution in [-0.2, 0) is 11.3 Å². The predicted molar refractivity (Wildman–Crippen MR) is 78.7 cm³/mol. The first-order valence-corrected chi connectivity index (χ1v) is 6.41. The lowest BCUT2D eigenvalue weighted by Crippen LogP contribution is -2.37. The molecule has 0 radical (unpaired) electrons. The van der Waals surface area contributed by atoms with Crippen LogP contribution in [0.15, 0.2) is 60.0 Å². The Morgan fingerprint density at radius 2 is 1.90 bits per heavy atom. The molecule has 1 amide bonds. The van der Waals surface area contributed by atoms with Crippen molar-refractivity contribution in [1.82, 2.24) is 10.3 Å². The summed E-state index contributed by atoms with van der Waals surface area (Å²) in [4.78, 5) is 16.2. The number of benzene rings is 1. The predicted octanol–water partition coefficient (Wildman–Crippen LogP) is 1.23. The number of hydrogen-bond donors (Lipinski definition) is 3. The van der Waals surface area contributed by atoms with Crippen LogP contribution in [0.5, 0.6) is 0 Å². The molecule has 1 aromatic carbocycles. The van der Waals surface area contributed by atoms with E-state index in [0.29, 0.717) is 12.1 Å². The van der Waals surface area contributed by atoms with Crippen LogP contribution >= 0.6 is 0 Å². The molecule has 0 bridgehead atoms. The average Bonchev–Trinajstić information content (AvgIpc) is 2.55. The lowest BCUT2D eigenvalue weighted by atomic mass is 9.97. The molecule has 0 saturated heterocycles. The quantitative estimate of drug-likeness (QED) is 0.332. The zero-order valence-corrected chi connectivity index (χ0v) is 11.3. The smallest absolute Gasteiger partial charge is 0.235 e. The van der Waals surface area contributed by atoms with Crippen molar-refractivity contribution < 1.29 is 10.0 Å². The Labute approximate surface area is 122 Å². The lowest BCUT2D eigenvalue weighted by molar-refractivity contribution is -0.121. The van der Waals surface area contributed by atoms with Gasteiger partial charge in [-0.1, -0.05) is 35.5 Å². The van der Waals surface area contributed by atoms with Crippen molar-refractivity contribution in [3.05, 3.63) is 66.0 Å². The Bertz CT molecular complexity index is 614. The van der Waals surface area contributed by atoms with Gasteiger partial charge in [-0.25, -0.2) is 0 Å². The molecule has 6 nitrogen and oxygen atoms in total. The Morgan fingerprint density at radius 3 is 2.52 bits per heavy atom. The lowest BCUT2D eigenvalue weighted by Gasteiger charge is -2.15. The third-order valence-corrected chi connectivity index (χ3v) is 3.02. The number of aromatic nitrogens is 1. The maximum absolute atomic E-state index is 12.3. The Balaban J connectivity index is 2.12. The minimum absolute atomic E-state index is 0.145. The van der Waals surface area contributed by atoms with Gasteiger partial charge in [-0.2, -0.15) is 0 Å². The van der Waals surface area contributed by atoms with Crippen molar-refractivity contribution in [2.75, 3.05) is 0 Å². The first kappa shape index (κ1) is 14.5. The SMILES string of the molecule is NC(=NO)C(C(=O)NCc1ccncc1)c1ccccc1. The molecular weight excluding hydrogens is 268 g/mol. The minimum Gasteiger partial charge on any atom is -0.409 e. The summed E-state index contributed by atoms with van der Waals surface area (Å²) in [5.74, 6) is -1.29. The van der Waals surface area contributed by atoms with E-state index in [4.69, 9.17) is 10.9 Å². The summed E-state index contributed by atoms with van der Waals surface area (Å²) in [6.07, 6.45) is 3.30. The number of amides is 1. The number of hydrogen-bond acceptors (Lipinski definition) is 4. The second-order valence-corrected chi connectivity index (χ2v) is 4.44. The van der Waals surface area contributed by atoms with Crippen LogP contribution in [-0.4, -0.2) is 21.9 Å². The molecule has 21 heavy (non-hydrogen) atoms. The van der Waals surface area contributed by atoms with Crippen LogP contribution in [0, 0.1) is 0 Å². The molecule has 0 fully saturated rings. The maximum atomic E-state index is 12.3. The second-order valence-electron chi connectivity index (χ2n) is 4.44. The first-order chi connectivity index (χ1) is 10.2. The molecule has 1 heterocycles.